The molecule has 0 bridgehead atoms. The molecule has 3 atom stereocenters. The van der Waals surface area contributed by atoms with Gasteiger partial charge in [0.05, 0.1) is 4.90 Å². The second-order valence-corrected chi connectivity index (χ2v) is 10.2. The third kappa shape index (κ3) is 4.06. The number of hydrogen-bond donors (Lipinski definition) is 0. The Balaban J connectivity index is 1.80. The van der Waals surface area contributed by atoms with Crippen molar-refractivity contribution in [3.8, 4) is 5.75 Å². The normalized spacial score (nSPS) is 25.2. The highest BCUT2D eigenvalue weighted by Gasteiger charge is 2.39. The van der Waals surface area contributed by atoms with Crippen molar-refractivity contribution in [2.75, 3.05) is 26.7 Å². The monoisotopic (exact) mass is 408 g/mol. The molecule has 0 spiro atoms. The third-order valence-electron chi connectivity index (χ3n) is 5.90. The summed E-state index contributed by atoms with van der Waals surface area (Å²) in [6.07, 6.45) is 3.34. The zero-order valence-corrected chi connectivity index (χ0v) is 18.2. The minimum atomic E-state index is -3.52. The van der Waals surface area contributed by atoms with Crippen LogP contribution >= 0.6 is 0 Å². The van der Waals surface area contributed by atoms with Crippen molar-refractivity contribution < 1.29 is 17.9 Å². The van der Waals surface area contributed by atoms with Crippen molar-refractivity contribution in [3.63, 3.8) is 0 Å². The fraction of sp³-hybridized carbons (Fsp3) is 0.667. The highest BCUT2D eigenvalue weighted by atomic mass is 32.2. The number of nitrogens with zero attached hydrogens (tertiary/aromatic N) is 2. The summed E-state index contributed by atoms with van der Waals surface area (Å²) in [4.78, 5) is 14.8. The Kier molecular flexibility index (Phi) is 6.34. The van der Waals surface area contributed by atoms with E-state index in [1.165, 1.54) is 0 Å². The van der Waals surface area contributed by atoms with Crippen LogP contribution in [-0.2, 0) is 14.8 Å². The van der Waals surface area contributed by atoms with E-state index in [0.29, 0.717) is 36.2 Å². The number of ether oxygens (including phenoxy) is 1. The zero-order chi connectivity index (χ0) is 20.5. The van der Waals surface area contributed by atoms with Crippen molar-refractivity contribution in [2.45, 2.75) is 63.4 Å². The molecule has 156 valence electrons. The van der Waals surface area contributed by atoms with Crippen LogP contribution in [0.1, 0.15) is 57.9 Å². The van der Waals surface area contributed by atoms with E-state index in [2.05, 4.69) is 13.8 Å². The van der Waals surface area contributed by atoms with Crippen molar-refractivity contribution in [1.29, 1.82) is 0 Å². The van der Waals surface area contributed by atoms with Gasteiger partial charge < -0.3 is 9.64 Å². The molecule has 1 fully saturated rings. The predicted octanol–water partition coefficient (Wildman–Crippen LogP) is 3.23. The molecule has 0 saturated carbocycles. The second kappa shape index (κ2) is 8.41. The molecular weight excluding hydrogens is 376 g/mol. The Bertz CT molecular complexity index is 824. The number of amides is 1. The molecule has 2 aliphatic heterocycles. The summed E-state index contributed by atoms with van der Waals surface area (Å²) in [5.41, 5.74) is 0.799. The number of unbranched alkanes of at least 4 members (excludes halogenated alkanes) is 1. The van der Waals surface area contributed by atoms with Crippen molar-refractivity contribution in [3.05, 3.63) is 23.8 Å². The van der Waals surface area contributed by atoms with Crippen LogP contribution in [0.4, 0.5) is 0 Å². The Morgan fingerprint density at radius 3 is 2.75 bits per heavy atom. The Morgan fingerprint density at radius 1 is 1.32 bits per heavy atom. The minimum Gasteiger partial charge on any atom is -0.480 e. The average molecular weight is 409 g/mol. The van der Waals surface area contributed by atoms with E-state index in [0.717, 1.165) is 31.2 Å². The lowest BCUT2D eigenvalue weighted by Crippen LogP contribution is -2.40. The quantitative estimate of drug-likeness (QED) is 0.725. The van der Waals surface area contributed by atoms with Gasteiger partial charge in [-0.25, -0.2) is 8.42 Å². The van der Waals surface area contributed by atoms with Crippen LogP contribution in [0.25, 0.3) is 0 Å². The van der Waals surface area contributed by atoms with Crippen LogP contribution < -0.4 is 4.74 Å². The number of sulfonamides is 1. The Hall–Kier alpha value is -1.60. The minimum absolute atomic E-state index is 0.0496. The van der Waals surface area contributed by atoms with Gasteiger partial charge >= 0.3 is 0 Å². The van der Waals surface area contributed by atoms with E-state index >= 15 is 0 Å². The SMILES string of the molecule is CCCCN(C)C(=O)C1Oc2ccc(S(=O)(=O)N3CCCC(C)C3)cc2C1C. The van der Waals surface area contributed by atoms with E-state index in [-0.39, 0.29) is 11.8 Å². The van der Waals surface area contributed by atoms with Gasteiger partial charge in [0.25, 0.3) is 5.91 Å². The number of rotatable bonds is 6. The lowest BCUT2D eigenvalue weighted by atomic mass is 9.97. The number of carbonyl (C=O) groups is 1. The number of piperidine rings is 1. The number of carbonyl (C=O) groups excluding carboxylic acids is 1. The number of likely N-dealkylation sites (N-methyl/N-ethyl adjacent to an activating group) is 1. The highest BCUT2D eigenvalue weighted by Crippen LogP contribution is 2.40. The van der Waals surface area contributed by atoms with E-state index in [1.54, 1.807) is 34.5 Å². The average Bonchev–Trinajstić information content (AvgIpc) is 3.01. The summed E-state index contributed by atoms with van der Waals surface area (Å²) in [6.45, 7) is 7.94. The molecule has 2 aliphatic rings. The Labute approximate surface area is 168 Å². The summed E-state index contributed by atoms with van der Waals surface area (Å²) in [5.74, 6) is 0.759. The predicted molar refractivity (Wildman–Crippen MR) is 109 cm³/mol. The fourth-order valence-electron chi connectivity index (χ4n) is 4.05. The second-order valence-electron chi connectivity index (χ2n) is 8.25. The van der Waals surface area contributed by atoms with Gasteiger partial charge in [-0.2, -0.15) is 4.31 Å². The van der Waals surface area contributed by atoms with Gasteiger partial charge in [-0.05, 0) is 43.4 Å². The molecule has 1 amide bonds. The summed E-state index contributed by atoms with van der Waals surface area (Å²) in [7, 11) is -1.73. The van der Waals surface area contributed by atoms with Gasteiger partial charge in [0, 0.05) is 38.2 Å². The lowest BCUT2D eigenvalue weighted by molar-refractivity contribution is -0.137. The molecule has 0 aromatic heterocycles. The van der Waals surface area contributed by atoms with Crippen molar-refractivity contribution in [1.82, 2.24) is 9.21 Å². The summed E-state index contributed by atoms with van der Waals surface area (Å²) < 4.78 is 33.7. The fourth-order valence-corrected chi connectivity index (χ4v) is 5.69. The first kappa shape index (κ1) is 21.1. The molecule has 28 heavy (non-hydrogen) atoms. The van der Waals surface area contributed by atoms with Crippen LogP contribution in [0.5, 0.6) is 5.75 Å². The maximum Gasteiger partial charge on any atom is 0.264 e. The number of hydrogen-bond acceptors (Lipinski definition) is 4. The molecule has 0 N–H and O–H groups in total. The third-order valence-corrected chi connectivity index (χ3v) is 7.77. The Morgan fingerprint density at radius 2 is 2.07 bits per heavy atom. The van der Waals surface area contributed by atoms with E-state index in [1.807, 2.05) is 6.92 Å². The van der Waals surface area contributed by atoms with Gasteiger partial charge in [-0.3, -0.25) is 4.79 Å². The summed E-state index contributed by atoms with van der Waals surface area (Å²) >= 11 is 0. The maximum absolute atomic E-state index is 13.1. The molecule has 3 rings (SSSR count). The molecule has 1 aromatic carbocycles. The van der Waals surface area contributed by atoms with Gasteiger partial charge in [0.2, 0.25) is 10.0 Å². The molecule has 6 nitrogen and oxygen atoms in total. The molecule has 7 heteroatoms. The first-order chi connectivity index (χ1) is 13.3. The van der Waals surface area contributed by atoms with Gasteiger partial charge in [0.15, 0.2) is 6.10 Å². The smallest absolute Gasteiger partial charge is 0.264 e. The van der Waals surface area contributed by atoms with Crippen LogP contribution in [0.3, 0.4) is 0 Å². The van der Waals surface area contributed by atoms with Crippen LogP contribution in [0, 0.1) is 5.92 Å². The first-order valence-electron chi connectivity index (χ1n) is 10.3. The zero-order valence-electron chi connectivity index (χ0n) is 17.3. The molecule has 0 aliphatic carbocycles. The molecule has 1 aromatic rings. The van der Waals surface area contributed by atoms with E-state index in [9.17, 15) is 13.2 Å². The first-order valence-corrected chi connectivity index (χ1v) is 11.8. The molecule has 3 unspecified atom stereocenters. The lowest BCUT2D eigenvalue weighted by Gasteiger charge is -2.30. The molecule has 0 radical (unpaired) electrons. The molecular formula is C21H32N2O4S. The maximum atomic E-state index is 13.1. The largest absolute Gasteiger partial charge is 0.480 e. The molecule has 2 heterocycles. The van der Waals surface area contributed by atoms with Crippen molar-refractivity contribution >= 4 is 15.9 Å². The summed E-state index contributed by atoms with van der Waals surface area (Å²) in [6, 6.07) is 5.01. The van der Waals surface area contributed by atoms with Crippen LogP contribution in [-0.4, -0.2) is 56.3 Å². The van der Waals surface area contributed by atoms with Gasteiger partial charge in [-0.15, -0.1) is 0 Å². The topological polar surface area (TPSA) is 66.9 Å². The van der Waals surface area contributed by atoms with Crippen molar-refractivity contribution in [2.24, 2.45) is 5.92 Å². The van der Waals surface area contributed by atoms with Crippen LogP contribution in [0.2, 0.25) is 0 Å². The summed E-state index contributed by atoms with van der Waals surface area (Å²) in [5, 5.41) is 0. The van der Waals surface area contributed by atoms with E-state index < -0.39 is 16.1 Å². The van der Waals surface area contributed by atoms with Gasteiger partial charge in [0.1, 0.15) is 5.75 Å². The van der Waals surface area contributed by atoms with Gasteiger partial charge in [-0.1, -0.05) is 27.2 Å². The van der Waals surface area contributed by atoms with E-state index in [4.69, 9.17) is 4.74 Å². The molecule has 1 saturated heterocycles. The number of fused-ring (bicyclic) bond motifs is 1. The van der Waals surface area contributed by atoms with Crippen LogP contribution in [0.15, 0.2) is 23.1 Å². The number of benzene rings is 1. The highest BCUT2D eigenvalue weighted by molar-refractivity contribution is 7.89. The standard InChI is InChI=1S/C21H32N2O4S/c1-5-6-11-22(4)21(24)20-16(3)18-13-17(9-10-19(18)27-20)28(25,26)23-12-7-8-15(2)14-23/h9-10,13,15-16,20H,5-8,11-12,14H2,1-4H3.